The standard InChI is InChI=1S/C21H26N4O3/c1-3-23-10-8-22-21(23)16-5-4-9-24(12-16)19(26)13-25-17-11-15(2)6-7-18(17)28-14-20(25)27/h6-8,10-11,16H,3-5,9,12-14H2,1-2H3/t16-/m1/s1. The minimum absolute atomic E-state index is 0.0259. The van der Waals surface area contributed by atoms with Gasteiger partial charge >= 0.3 is 0 Å². The molecule has 0 radical (unpaired) electrons. The lowest BCUT2D eigenvalue weighted by Crippen LogP contribution is -2.48. The molecule has 7 heteroatoms. The van der Waals surface area contributed by atoms with Crippen molar-refractivity contribution in [3.05, 3.63) is 42.0 Å². The van der Waals surface area contributed by atoms with Crippen molar-refractivity contribution in [3.63, 3.8) is 0 Å². The van der Waals surface area contributed by atoms with Crippen LogP contribution in [0.25, 0.3) is 0 Å². The summed E-state index contributed by atoms with van der Waals surface area (Å²) >= 11 is 0. The number of carbonyl (C=O) groups is 2. The molecule has 2 aliphatic heterocycles. The SMILES string of the molecule is CCn1ccnc1[C@@H]1CCCN(C(=O)CN2C(=O)COc3ccc(C)cc32)C1. The number of piperidine rings is 1. The highest BCUT2D eigenvalue weighted by Crippen LogP contribution is 2.33. The average molecular weight is 382 g/mol. The van der Waals surface area contributed by atoms with E-state index in [4.69, 9.17) is 4.74 Å². The molecule has 1 aromatic carbocycles. The molecule has 1 atom stereocenters. The van der Waals surface area contributed by atoms with Crippen LogP contribution in [0, 0.1) is 6.92 Å². The van der Waals surface area contributed by atoms with Crippen molar-refractivity contribution in [3.8, 4) is 5.75 Å². The fraction of sp³-hybridized carbons (Fsp3) is 0.476. The van der Waals surface area contributed by atoms with Crippen LogP contribution in [0.1, 0.15) is 37.1 Å². The van der Waals surface area contributed by atoms with Crippen molar-refractivity contribution in [2.24, 2.45) is 0 Å². The van der Waals surface area contributed by atoms with Gasteiger partial charge in [0.15, 0.2) is 6.61 Å². The van der Waals surface area contributed by atoms with Gasteiger partial charge in [-0.1, -0.05) is 6.07 Å². The number of rotatable bonds is 4. The average Bonchev–Trinajstić information content (AvgIpc) is 3.19. The lowest BCUT2D eigenvalue weighted by atomic mass is 9.97. The van der Waals surface area contributed by atoms with E-state index in [1.807, 2.05) is 42.4 Å². The number of imidazole rings is 1. The second-order valence-corrected chi connectivity index (χ2v) is 7.49. The Hall–Kier alpha value is -2.83. The van der Waals surface area contributed by atoms with Crippen LogP contribution in [-0.2, 0) is 16.1 Å². The van der Waals surface area contributed by atoms with Crippen molar-refractivity contribution < 1.29 is 14.3 Å². The molecule has 0 bridgehead atoms. The third-order valence-electron chi connectivity index (χ3n) is 5.58. The third kappa shape index (κ3) is 3.48. The normalized spacial score (nSPS) is 19.4. The molecule has 7 nitrogen and oxygen atoms in total. The van der Waals surface area contributed by atoms with Crippen molar-refractivity contribution in [2.45, 2.75) is 39.2 Å². The zero-order chi connectivity index (χ0) is 19.7. The molecular formula is C21H26N4O3. The summed E-state index contributed by atoms with van der Waals surface area (Å²) in [6.07, 6.45) is 5.78. The molecule has 1 aromatic heterocycles. The van der Waals surface area contributed by atoms with Gasteiger partial charge < -0.3 is 14.2 Å². The van der Waals surface area contributed by atoms with Crippen LogP contribution >= 0.6 is 0 Å². The second-order valence-electron chi connectivity index (χ2n) is 7.49. The highest BCUT2D eigenvalue weighted by molar-refractivity contribution is 6.02. The largest absolute Gasteiger partial charge is 0.482 e. The van der Waals surface area contributed by atoms with Crippen LogP contribution < -0.4 is 9.64 Å². The van der Waals surface area contributed by atoms with Crippen LogP contribution in [0.15, 0.2) is 30.6 Å². The fourth-order valence-electron chi connectivity index (χ4n) is 4.08. The van der Waals surface area contributed by atoms with Gasteiger partial charge in [-0.2, -0.15) is 0 Å². The number of ether oxygens (including phenoxy) is 1. The van der Waals surface area contributed by atoms with E-state index in [9.17, 15) is 9.59 Å². The molecule has 0 aliphatic carbocycles. The zero-order valence-electron chi connectivity index (χ0n) is 16.4. The summed E-state index contributed by atoms with van der Waals surface area (Å²) in [7, 11) is 0. The van der Waals surface area contributed by atoms with Gasteiger partial charge in [0.2, 0.25) is 5.91 Å². The number of benzene rings is 1. The maximum absolute atomic E-state index is 13.0. The van der Waals surface area contributed by atoms with Gasteiger partial charge in [0.1, 0.15) is 18.1 Å². The molecule has 2 aromatic rings. The van der Waals surface area contributed by atoms with Crippen LogP contribution in [0.5, 0.6) is 5.75 Å². The molecule has 1 saturated heterocycles. The van der Waals surface area contributed by atoms with Gasteiger partial charge in [0.05, 0.1) is 5.69 Å². The predicted octanol–water partition coefficient (Wildman–Crippen LogP) is 2.34. The maximum Gasteiger partial charge on any atom is 0.265 e. The van der Waals surface area contributed by atoms with E-state index in [1.165, 1.54) is 0 Å². The Morgan fingerprint density at radius 2 is 2.21 bits per heavy atom. The van der Waals surface area contributed by atoms with Gasteiger partial charge in [-0.05, 0) is 44.4 Å². The van der Waals surface area contributed by atoms with Gasteiger partial charge in [-0.15, -0.1) is 0 Å². The summed E-state index contributed by atoms with van der Waals surface area (Å²) in [6.45, 7) is 6.33. The Labute approximate surface area is 164 Å². The van der Waals surface area contributed by atoms with Crippen LogP contribution in [-0.4, -0.2) is 52.5 Å². The summed E-state index contributed by atoms with van der Waals surface area (Å²) in [5.74, 6) is 1.73. The Morgan fingerprint density at radius 3 is 3.04 bits per heavy atom. The molecular weight excluding hydrogens is 356 g/mol. The molecule has 0 spiro atoms. The number of carbonyl (C=O) groups excluding carboxylic acids is 2. The van der Waals surface area contributed by atoms with E-state index in [0.29, 0.717) is 18.0 Å². The number of hydrogen-bond donors (Lipinski definition) is 0. The van der Waals surface area contributed by atoms with Crippen molar-refractivity contribution in [1.82, 2.24) is 14.5 Å². The smallest absolute Gasteiger partial charge is 0.265 e. The van der Waals surface area contributed by atoms with Crippen molar-refractivity contribution in [2.75, 3.05) is 31.1 Å². The summed E-state index contributed by atoms with van der Waals surface area (Å²) in [5.41, 5.74) is 1.71. The number of aryl methyl sites for hydroxylation is 2. The quantitative estimate of drug-likeness (QED) is 0.814. The summed E-state index contributed by atoms with van der Waals surface area (Å²) in [4.78, 5) is 33.4. The molecule has 0 N–H and O–H groups in total. The lowest BCUT2D eigenvalue weighted by molar-refractivity contribution is -0.133. The minimum Gasteiger partial charge on any atom is -0.482 e. The highest BCUT2D eigenvalue weighted by Gasteiger charge is 2.32. The molecule has 0 saturated carbocycles. The van der Waals surface area contributed by atoms with E-state index >= 15 is 0 Å². The van der Waals surface area contributed by atoms with Crippen molar-refractivity contribution >= 4 is 17.5 Å². The number of fused-ring (bicyclic) bond motifs is 1. The Balaban J connectivity index is 1.49. The van der Waals surface area contributed by atoms with Gasteiger partial charge in [-0.25, -0.2) is 4.98 Å². The Morgan fingerprint density at radius 1 is 1.36 bits per heavy atom. The molecule has 3 heterocycles. The van der Waals surface area contributed by atoms with Gasteiger partial charge in [0, 0.05) is 37.9 Å². The first-order valence-corrected chi connectivity index (χ1v) is 9.89. The van der Waals surface area contributed by atoms with E-state index in [2.05, 4.69) is 16.5 Å². The van der Waals surface area contributed by atoms with Crippen molar-refractivity contribution in [1.29, 1.82) is 0 Å². The number of hydrogen-bond acceptors (Lipinski definition) is 4. The third-order valence-corrected chi connectivity index (χ3v) is 5.58. The molecule has 0 unspecified atom stereocenters. The van der Waals surface area contributed by atoms with Crippen LogP contribution in [0.3, 0.4) is 0 Å². The van der Waals surface area contributed by atoms with Gasteiger partial charge in [-0.3, -0.25) is 14.5 Å². The topological polar surface area (TPSA) is 67.7 Å². The fourth-order valence-corrected chi connectivity index (χ4v) is 4.08. The molecule has 148 valence electrons. The highest BCUT2D eigenvalue weighted by atomic mass is 16.5. The number of aromatic nitrogens is 2. The summed E-state index contributed by atoms with van der Waals surface area (Å²) in [6, 6.07) is 5.70. The number of amides is 2. The molecule has 2 amide bonds. The molecule has 1 fully saturated rings. The first-order valence-electron chi connectivity index (χ1n) is 9.89. The number of anilines is 1. The number of likely N-dealkylation sites (tertiary alicyclic amines) is 1. The Bertz CT molecular complexity index is 892. The summed E-state index contributed by atoms with van der Waals surface area (Å²) in [5, 5.41) is 0. The summed E-state index contributed by atoms with van der Waals surface area (Å²) < 4.78 is 7.65. The minimum atomic E-state index is -0.179. The lowest BCUT2D eigenvalue weighted by Gasteiger charge is -2.35. The van der Waals surface area contributed by atoms with E-state index in [-0.39, 0.29) is 30.9 Å². The molecule has 28 heavy (non-hydrogen) atoms. The monoisotopic (exact) mass is 382 g/mol. The van der Waals surface area contributed by atoms with Crippen LogP contribution in [0.2, 0.25) is 0 Å². The van der Waals surface area contributed by atoms with E-state index < -0.39 is 0 Å². The molecule has 4 rings (SSSR count). The van der Waals surface area contributed by atoms with E-state index in [0.717, 1.165) is 37.3 Å². The van der Waals surface area contributed by atoms with E-state index in [1.54, 1.807) is 4.90 Å². The first-order chi connectivity index (χ1) is 13.6. The zero-order valence-corrected chi connectivity index (χ0v) is 16.4. The van der Waals surface area contributed by atoms with Crippen LogP contribution in [0.4, 0.5) is 5.69 Å². The second kappa shape index (κ2) is 7.66. The maximum atomic E-state index is 13.0. The van der Waals surface area contributed by atoms with Gasteiger partial charge in [0.25, 0.3) is 5.91 Å². The molecule has 2 aliphatic rings. The number of nitrogens with zero attached hydrogens (tertiary/aromatic N) is 4. The Kier molecular flexibility index (Phi) is 5.07. The first kappa shape index (κ1) is 18.5. The predicted molar refractivity (Wildman–Crippen MR) is 105 cm³/mol.